The smallest absolute Gasteiger partial charge is 0.341 e. The Labute approximate surface area is 100 Å². The van der Waals surface area contributed by atoms with Gasteiger partial charge < -0.3 is 9.84 Å². The monoisotopic (exact) mass is 238 g/mol. The first-order chi connectivity index (χ1) is 8.22. The van der Waals surface area contributed by atoms with Crippen LogP contribution in [-0.4, -0.2) is 33.6 Å². The molecule has 1 fully saturated rings. The summed E-state index contributed by atoms with van der Waals surface area (Å²) in [4.78, 5) is 11.5. The number of aliphatic hydroxyl groups excluding tert-OH is 1. The highest BCUT2D eigenvalue weighted by Gasteiger charge is 2.25. The summed E-state index contributed by atoms with van der Waals surface area (Å²) in [7, 11) is 0. The van der Waals surface area contributed by atoms with Crippen molar-refractivity contribution in [3.8, 4) is 0 Å². The fourth-order valence-corrected chi connectivity index (χ4v) is 2.24. The van der Waals surface area contributed by atoms with Crippen LogP contribution in [0.5, 0.6) is 0 Å². The molecule has 0 radical (unpaired) electrons. The molecule has 1 aromatic heterocycles. The number of aliphatic hydroxyl groups is 1. The van der Waals surface area contributed by atoms with Gasteiger partial charge in [-0.05, 0) is 19.8 Å². The van der Waals surface area contributed by atoms with Crippen molar-refractivity contribution in [1.29, 1.82) is 0 Å². The lowest BCUT2D eigenvalue weighted by molar-refractivity contribution is 0.0523. The first kappa shape index (κ1) is 12.1. The second-order valence-corrected chi connectivity index (χ2v) is 4.35. The number of nitrogens with zero attached hydrogens (tertiary/aromatic N) is 2. The third-order valence-electron chi connectivity index (χ3n) is 3.15. The first-order valence-corrected chi connectivity index (χ1v) is 6.11. The third-order valence-corrected chi connectivity index (χ3v) is 3.15. The second kappa shape index (κ2) is 5.31. The molecule has 1 saturated carbocycles. The van der Waals surface area contributed by atoms with E-state index in [0.29, 0.717) is 12.2 Å². The second-order valence-electron chi connectivity index (χ2n) is 4.35. The molecule has 1 aliphatic carbocycles. The van der Waals surface area contributed by atoms with Crippen molar-refractivity contribution < 1.29 is 14.6 Å². The molecule has 2 rings (SSSR count). The van der Waals surface area contributed by atoms with Crippen LogP contribution in [0, 0.1) is 0 Å². The molecule has 94 valence electrons. The third kappa shape index (κ3) is 2.66. The lowest BCUT2D eigenvalue weighted by Crippen LogP contribution is -2.27. The Morgan fingerprint density at radius 2 is 2.35 bits per heavy atom. The number of ether oxygens (including phenoxy) is 1. The van der Waals surface area contributed by atoms with Crippen molar-refractivity contribution in [1.82, 2.24) is 9.78 Å². The van der Waals surface area contributed by atoms with Gasteiger partial charge in [0.15, 0.2) is 0 Å². The lowest BCUT2D eigenvalue weighted by Gasteiger charge is -2.27. The zero-order valence-corrected chi connectivity index (χ0v) is 10.0. The Morgan fingerprint density at radius 3 is 3.06 bits per heavy atom. The van der Waals surface area contributed by atoms with Crippen molar-refractivity contribution in [2.75, 3.05) is 6.61 Å². The number of carbonyl (C=O) groups is 1. The van der Waals surface area contributed by atoms with E-state index in [-0.39, 0.29) is 18.1 Å². The van der Waals surface area contributed by atoms with Gasteiger partial charge >= 0.3 is 5.97 Å². The van der Waals surface area contributed by atoms with Gasteiger partial charge in [0.25, 0.3) is 0 Å². The molecule has 0 aliphatic heterocycles. The van der Waals surface area contributed by atoms with Crippen LogP contribution in [0.15, 0.2) is 12.4 Å². The molecule has 5 nitrogen and oxygen atoms in total. The molecule has 0 aromatic carbocycles. The number of esters is 1. The summed E-state index contributed by atoms with van der Waals surface area (Å²) in [5, 5.41) is 14.0. The molecule has 1 N–H and O–H groups in total. The Balaban J connectivity index is 2.09. The van der Waals surface area contributed by atoms with Crippen LogP contribution in [0.1, 0.15) is 49.0 Å². The maximum absolute atomic E-state index is 11.5. The van der Waals surface area contributed by atoms with Gasteiger partial charge in [-0.25, -0.2) is 4.79 Å². The SMILES string of the molecule is CCOC(=O)c1cnn(C2CCCC[C@H]2O)c1. The molecule has 1 aromatic rings. The van der Waals surface area contributed by atoms with Crippen LogP contribution in [0.25, 0.3) is 0 Å². The van der Waals surface area contributed by atoms with Crippen molar-refractivity contribution in [3.05, 3.63) is 18.0 Å². The predicted octanol–water partition coefficient (Wildman–Crippen LogP) is 1.54. The van der Waals surface area contributed by atoms with E-state index in [9.17, 15) is 9.90 Å². The molecule has 1 unspecified atom stereocenters. The van der Waals surface area contributed by atoms with Crippen LogP contribution in [0.3, 0.4) is 0 Å². The summed E-state index contributed by atoms with van der Waals surface area (Å²) in [5.41, 5.74) is 0.449. The summed E-state index contributed by atoms with van der Waals surface area (Å²) < 4.78 is 6.59. The fourth-order valence-electron chi connectivity index (χ4n) is 2.24. The van der Waals surface area contributed by atoms with E-state index in [1.165, 1.54) is 6.20 Å². The van der Waals surface area contributed by atoms with Gasteiger partial charge in [-0.2, -0.15) is 5.10 Å². The summed E-state index contributed by atoms with van der Waals surface area (Å²) in [6.45, 7) is 2.13. The Bertz CT molecular complexity index is 389. The molecule has 1 aliphatic rings. The molecule has 0 amide bonds. The van der Waals surface area contributed by atoms with E-state index < -0.39 is 0 Å². The van der Waals surface area contributed by atoms with E-state index in [2.05, 4.69) is 5.10 Å². The number of carbonyl (C=O) groups excluding carboxylic acids is 1. The zero-order chi connectivity index (χ0) is 12.3. The highest BCUT2D eigenvalue weighted by atomic mass is 16.5. The number of hydrogen-bond acceptors (Lipinski definition) is 4. The van der Waals surface area contributed by atoms with Gasteiger partial charge in [0.2, 0.25) is 0 Å². The minimum Gasteiger partial charge on any atom is -0.462 e. The van der Waals surface area contributed by atoms with E-state index in [4.69, 9.17) is 4.74 Å². The molecular weight excluding hydrogens is 220 g/mol. The van der Waals surface area contributed by atoms with Gasteiger partial charge in [0.1, 0.15) is 0 Å². The van der Waals surface area contributed by atoms with E-state index in [1.54, 1.807) is 17.8 Å². The molecule has 5 heteroatoms. The highest BCUT2D eigenvalue weighted by Crippen LogP contribution is 2.28. The van der Waals surface area contributed by atoms with Gasteiger partial charge in [-0.3, -0.25) is 4.68 Å². The van der Waals surface area contributed by atoms with Crippen LogP contribution in [-0.2, 0) is 4.74 Å². The van der Waals surface area contributed by atoms with Gasteiger partial charge in [0, 0.05) is 6.20 Å². The molecule has 2 atom stereocenters. The Kier molecular flexibility index (Phi) is 3.78. The molecule has 0 bridgehead atoms. The van der Waals surface area contributed by atoms with Gasteiger partial charge in [-0.1, -0.05) is 12.8 Å². The van der Waals surface area contributed by atoms with E-state index >= 15 is 0 Å². The Hall–Kier alpha value is -1.36. The average Bonchev–Trinajstić information content (AvgIpc) is 2.79. The van der Waals surface area contributed by atoms with Crippen LogP contribution in [0.4, 0.5) is 0 Å². The van der Waals surface area contributed by atoms with Gasteiger partial charge in [0.05, 0.1) is 30.5 Å². The van der Waals surface area contributed by atoms with Crippen LogP contribution >= 0.6 is 0 Å². The molecule has 0 saturated heterocycles. The molecule has 1 heterocycles. The zero-order valence-electron chi connectivity index (χ0n) is 10.0. The molecular formula is C12H18N2O3. The number of rotatable bonds is 3. The fraction of sp³-hybridized carbons (Fsp3) is 0.667. The quantitative estimate of drug-likeness (QED) is 0.811. The average molecular weight is 238 g/mol. The number of hydrogen-bond donors (Lipinski definition) is 1. The molecule has 0 spiro atoms. The minimum atomic E-state index is -0.362. The van der Waals surface area contributed by atoms with E-state index in [1.807, 2.05) is 0 Å². The number of aromatic nitrogens is 2. The Morgan fingerprint density at radius 1 is 1.59 bits per heavy atom. The summed E-state index contributed by atoms with van der Waals surface area (Å²) >= 11 is 0. The van der Waals surface area contributed by atoms with Gasteiger partial charge in [-0.15, -0.1) is 0 Å². The summed E-state index contributed by atoms with van der Waals surface area (Å²) in [5.74, 6) is -0.357. The maximum Gasteiger partial charge on any atom is 0.341 e. The first-order valence-electron chi connectivity index (χ1n) is 6.11. The standard InChI is InChI=1S/C12H18N2O3/c1-2-17-12(16)9-7-13-14(8-9)10-5-3-4-6-11(10)15/h7-8,10-11,15H,2-6H2,1H3/t10?,11-/m1/s1. The van der Waals surface area contributed by atoms with Crippen LogP contribution < -0.4 is 0 Å². The highest BCUT2D eigenvalue weighted by molar-refractivity contribution is 5.88. The lowest BCUT2D eigenvalue weighted by atomic mass is 9.93. The van der Waals surface area contributed by atoms with Crippen LogP contribution in [0.2, 0.25) is 0 Å². The van der Waals surface area contributed by atoms with Crippen molar-refractivity contribution in [2.45, 2.75) is 44.8 Å². The minimum absolute atomic E-state index is 0.00748. The summed E-state index contributed by atoms with van der Waals surface area (Å²) in [6.07, 6.45) is 6.67. The normalized spacial score (nSPS) is 24.6. The van der Waals surface area contributed by atoms with Crippen molar-refractivity contribution in [2.24, 2.45) is 0 Å². The van der Waals surface area contributed by atoms with Crippen molar-refractivity contribution in [3.63, 3.8) is 0 Å². The largest absolute Gasteiger partial charge is 0.462 e. The summed E-state index contributed by atoms with van der Waals surface area (Å²) in [6, 6.07) is -0.00748. The predicted molar refractivity (Wildman–Crippen MR) is 61.7 cm³/mol. The van der Waals surface area contributed by atoms with E-state index in [0.717, 1.165) is 25.7 Å². The topological polar surface area (TPSA) is 64.3 Å². The maximum atomic E-state index is 11.5. The van der Waals surface area contributed by atoms with Crippen molar-refractivity contribution >= 4 is 5.97 Å². The molecule has 17 heavy (non-hydrogen) atoms.